The highest BCUT2D eigenvalue weighted by Gasteiger charge is 2.49. The van der Waals surface area contributed by atoms with Gasteiger partial charge in [0.05, 0.1) is 54.4 Å². The lowest BCUT2D eigenvalue weighted by atomic mass is 9.71. The number of hydrazone groups is 1. The minimum atomic E-state index is -2.18. The number of benzene rings is 2. The summed E-state index contributed by atoms with van der Waals surface area (Å²) in [5.41, 5.74) is 8.69. The number of aliphatic hydroxyl groups excluding tert-OH is 2. The minimum absolute atomic E-state index is 0.0264. The Morgan fingerprint density at radius 3 is 2.36 bits per heavy atom. The number of methoxy groups -OCH3 is 1. The number of hydrazine groups is 1. The van der Waals surface area contributed by atoms with E-state index < -0.39 is 108 Å². The van der Waals surface area contributed by atoms with Crippen LogP contribution in [0.1, 0.15) is 101 Å². The fourth-order valence-electron chi connectivity index (χ4n) is 6.87. The van der Waals surface area contributed by atoms with Gasteiger partial charge in [-0.2, -0.15) is 5.10 Å². The first-order valence-electron chi connectivity index (χ1n) is 17.0. The maximum atomic E-state index is 13.9. The van der Waals surface area contributed by atoms with Gasteiger partial charge in [0, 0.05) is 61.8 Å². The summed E-state index contributed by atoms with van der Waals surface area (Å²) in [4.78, 5) is 63.1. The fraction of sp³-hybridized carbons (Fsp3) is 0.486. The number of carbonyl (C=O) groups is 5. The van der Waals surface area contributed by atoms with Crippen LogP contribution in [0.25, 0.3) is 0 Å². The molecule has 3 amide bonds. The number of nitrogens with one attached hydrogen (secondary N) is 3. The normalized spacial score (nSPS) is 25.1. The zero-order chi connectivity index (χ0) is 38.8. The molecule has 0 aromatic heterocycles. The second kappa shape index (κ2) is 15.9. The van der Waals surface area contributed by atoms with E-state index in [1.807, 2.05) is 0 Å². The van der Waals surface area contributed by atoms with Gasteiger partial charge >= 0.3 is 0 Å². The number of aliphatic hydroxyl groups is 3. The Kier molecular flexibility index (Phi) is 11.8. The number of ketones is 2. The first-order chi connectivity index (χ1) is 25.1. The van der Waals surface area contributed by atoms with E-state index in [1.54, 1.807) is 6.92 Å². The van der Waals surface area contributed by atoms with Crippen LogP contribution in [0.3, 0.4) is 0 Å². The Balaban J connectivity index is 1.48. The number of phenolic OH excluding ortho intramolecular Hbond substituents is 2. The molecule has 0 radical (unpaired) electrons. The summed E-state index contributed by atoms with van der Waals surface area (Å²) in [7, 11) is 1.31. The van der Waals surface area contributed by atoms with Gasteiger partial charge in [-0.3, -0.25) is 34.8 Å². The molecule has 1 saturated heterocycles. The standard InChI is InChI=1S/C35H43N5O13/c1-15-30(45)19(36)11-25(52-15)53-21-13-35(50,22(14-41)38-40-24(44)10-5-4-9-23(43)39-37-16(2)42)12-18-27(21)34(49)29-28(32(18)47)31(46)17-7-6-8-20(51-3)26(17)33(29)48/h6-8,15,19,21,25,30,41,45,47,49-50H,4-5,9-14,36H2,1-3H3,(H,37,42)(H,39,43)(H,40,44)/b38-22-/t15?,19?,21-,25?,30?,35-/m0/s1. The predicted molar refractivity (Wildman–Crippen MR) is 183 cm³/mol. The van der Waals surface area contributed by atoms with E-state index in [-0.39, 0.29) is 59.4 Å². The zero-order valence-electron chi connectivity index (χ0n) is 29.3. The van der Waals surface area contributed by atoms with Gasteiger partial charge in [0.2, 0.25) is 23.5 Å². The smallest absolute Gasteiger partial charge is 0.240 e. The van der Waals surface area contributed by atoms with Crippen molar-refractivity contribution in [2.24, 2.45) is 10.8 Å². The van der Waals surface area contributed by atoms with Crippen LogP contribution in [0.4, 0.5) is 0 Å². The van der Waals surface area contributed by atoms with E-state index in [0.717, 1.165) is 0 Å². The first-order valence-corrected chi connectivity index (χ1v) is 17.0. The number of fused-ring (bicyclic) bond motifs is 3. The Morgan fingerprint density at radius 2 is 1.72 bits per heavy atom. The molecule has 0 spiro atoms. The van der Waals surface area contributed by atoms with Crippen molar-refractivity contribution in [1.29, 1.82) is 0 Å². The van der Waals surface area contributed by atoms with Gasteiger partial charge in [-0.05, 0) is 25.8 Å². The lowest BCUT2D eigenvalue weighted by molar-refractivity contribution is -0.245. The number of nitrogens with zero attached hydrogens (tertiary/aromatic N) is 1. The van der Waals surface area contributed by atoms with E-state index in [2.05, 4.69) is 21.4 Å². The maximum Gasteiger partial charge on any atom is 0.240 e. The topological polar surface area (TPSA) is 289 Å². The van der Waals surface area contributed by atoms with Crippen LogP contribution in [-0.4, -0.2) is 104 Å². The van der Waals surface area contributed by atoms with Gasteiger partial charge in [0.1, 0.15) is 22.8 Å². The molecular formula is C35H43N5O13. The third kappa shape index (κ3) is 7.87. The lowest BCUT2D eigenvalue weighted by Crippen LogP contribution is -2.53. The Bertz CT molecular complexity index is 1840. The van der Waals surface area contributed by atoms with Gasteiger partial charge in [0.25, 0.3) is 0 Å². The van der Waals surface area contributed by atoms with Crippen LogP contribution in [0.15, 0.2) is 23.3 Å². The van der Waals surface area contributed by atoms with Crippen molar-refractivity contribution in [2.75, 3.05) is 13.7 Å². The molecule has 53 heavy (non-hydrogen) atoms. The molecule has 0 saturated carbocycles. The number of ether oxygens (including phenoxy) is 3. The average molecular weight is 742 g/mol. The molecule has 1 heterocycles. The second-order valence-electron chi connectivity index (χ2n) is 13.3. The highest BCUT2D eigenvalue weighted by Crippen LogP contribution is 2.52. The van der Waals surface area contributed by atoms with Crippen LogP contribution >= 0.6 is 0 Å². The average Bonchev–Trinajstić information content (AvgIpc) is 3.11. The number of hydrogen-bond acceptors (Lipinski definition) is 15. The summed E-state index contributed by atoms with van der Waals surface area (Å²) < 4.78 is 17.4. The third-order valence-corrected chi connectivity index (χ3v) is 9.58. The number of amides is 3. The minimum Gasteiger partial charge on any atom is -0.507 e. The molecular weight excluding hydrogens is 698 g/mol. The third-order valence-electron chi connectivity index (χ3n) is 9.58. The predicted octanol–water partition coefficient (Wildman–Crippen LogP) is -0.368. The van der Waals surface area contributed by atoms with Crippen molar-refractivity contribution < 1.29 is 63.7 Å². The van der Waals surface area contributed by atoms with E-state index in [1.165, 1.54) is 32.2 Å². The molecule has 1 aliphatic heterocycles. The van der Waals surface area contributed by atoms with E-state index >= 15 is 0 Å². The number of hydrogen-bond donors (Lipinski definition) is 9. The van der Waals surface area contributed by atoms with Gasteiger partial charge < -0.3 is 45.5 Å². The van der Waals surface area contributed by atoms with Crippen molar-refractivity contribution in [3.63, 3.8) is 0 Å². The summed E-state index contributed by atoms with van der Waals surface area (Å²) in [6.07, 6.45) is -4.86. The summed E-state index contributed by atoms with van der Waals surface area (Å²) in [6, 6.07) is 3.55. The molecule has 5 rings (SSSR count). The number of unbranched alkanes of at least 4 members (excludes halogenated alkanes) is 1. The second-order valence-corrected chi connectivity index (χ2v) is 13.3. The summed E-state index contributed by atoms with van der Waals surface area (Å²) in [5, 5.41) is 60.3. The van der Waals surface area contributed by atoms with E-state index in [0.29, 0.717) is 6.42 Å². The van der Waals surface area contributed by atoms with Crippen molar-refractivity contribution in [3.8, 4) is 17.2 Å². The SMILES string of the molecule is COc1cccc2c1C(=O)c1c(O)c3c(c(O)c1C2=O)C[C@@](O)(/C(CO)=N\NC(=O)CCCCC(=O)NNC(C)=O)C[C@@H]3OC1CC(N)C(O)C(C)O1. The molecule has 2 aliphatic carbocycles. The number of carbonyl (C=O) groups excluding carboxylic acids is 5. The molecule has 18 nitrogen and oxygen atoms in total. The Hall–Kier alpha value is -4.98. The number of phenols is 2. The monoisotopic (exact) mass is 741 g/mol. The van der Waals surface area contributed by atoms with Gasteiger partial charge in [0.15, 0.2) is 12.1 Å². The lowest BCUT2D eigenvalue weighted by Gasteiger charge is -2.43. The van der Waals surface area contributed by atoms with E-state index in [9.17, 15) is 49.5 Å². The molecule has 286 valence electrons. The first kappa shape index (κ1) is 39.2. The molecule has 1 fully saturated rings. The van der Waals surface area contributed by atoms with Crippen molar-refractivity contribution in [1.82, 2.24) is 16.3 Å². The van der Waals surface area contributed by atoms with Crippen LogP contribution < -0.4 is 26.7 Å². The molecule has 0 bridgehead atoms. The molecule has 2 aromatic carbocycles. The van der Waals surface area contributed by atoms with Crippen LogP contribution in [-0.2, 0) is 30.3 Å². The molecule has 10 N–H and O–H groups in total. The van der Waals surface area contributed by atoms with Crippen LogP contribution in [0.2, 0.25) is 0 Å². The van der Waals surface area contributed by atoms with Crippen molar-refractivity contribution in [2.45, 2.75) is 95.0 Å². The Labute approximate surface area is 303 Å². The Morgan fingerprint density at radius 1 is 1.04 bits per heavy atom. The van der Waals surface area contributed by atoms with Crippen molar-refractivity contribution in [3.05, 3.63) is 51.6 Å². The zero-order valence-corrected chi connectivity index (χ0v) is 29.3. The van der Waals surface area contributed by atoms with Gasteiger partial charge in [-0.15, -0.1) is 0 Å². The molecule has 2 aromatic rings. The highest BCUT2D eigenvalue weighted by atomic mass is 16.7. The number of aromatic hydroxyl groups is 2. The fourth-order valence-corrected chi connectivity index (χ4v) is 6.87. The molecule has 18 heteroatoms. The quantitative estimate of drug-likeness (QED) is 0.0525. The maximum absolute atomic E-state index is 13.9. The number of rotatable bonds is 11. The van der Waals surface area contributed by atoms with E-state index in [4.69, 9.17) is 19.9 Å². The van der Waals surface area contributed by atoms with Crippen LogP contribution in [0.5, 0.6) is 17.2 Å². The molecule has 4 unspecified atom stereocenters. The molecule has 6 atom stereocenters. The van der Waals surface area contributed by atoms with Crippen molar-refractivity contribution >= 4 is 35.0 Å². The summed E-state index contributed by atoms with van der Waals surface area (Å²) in [5.74, 6) is -4.45. The summed E-state index contributed by atoms with van der Waals surface area (Å²) >= 11 is 0. The summed E-state index contributed by atoms with van der Waals surface area (Å²) in [6.45, 7) is 1.91. The number of nitrogens with two attached hydrogens (primary N) is 1. The van der Waals surface area contributed by atoms with Gasteiger partial charge in [-0.25, -0.2) is 5.43 Å². The largest absolute Gasteiger partial charge is 0.507 e. The molecule has 3 aliphatic rings. The van der Waals surface area contributed by atoms with Gasteiger partial charge in [-0.1, -0.05) is 12.1 Å². The van der Waals surface area contributed by atoms with Crippen LogP contribution in [0, 0.1) is 0 Å². The highest BCUT2D eigenvalue weighted by molar-refractivity contribution is 6.31.